The minimum Gasteiger partial charge on any atom is -0.490 e. The summed E-state index contributed by atoms with van der Waals surface area (Å²) in [5, 5.41) is 0. The van der Waals surface area contributed by atoms with Gasteiger partial charge in [-0.05, 0) is 42.9 Å². The van der Waals surface area contributed by atoms with Crippen LogP contribution in [0.25, 0.3) is 11.6 Å². The van der Waals surface area contributed by atoms with Crippen molar-refractivity contribution in [3.05, 3.63) is 50.6 Å². The van der Waals surface area contributed by atoms with Crippen molar-refractivity contribution >= 4 is 29.8 Å². The van der Waals surface area contributed by atoms with E-state index >= 15 is 0 Å². The molecule has 0 fully saturated rings. The second-order valence-electron chi connectivity index (χ2n) is 5.07. The predicted molar refractivity (Wildman–Crippen MR) is 96.4 cm³/mol. The van der Waals surface area contributed by atoms with Crippen molar-refractivity contribution < 1.29 is 27.8 Å². The van der Waals surface area contributed by atoms with Gasteiger partial charge in [-0.25, -0.2) is 4.79 Å². The third kappa shape index (κ3) is 5.48. The zero-order valence-corrected chi connectivity index (χ0v) is 15.2. The van der Waals surface area contributed by atoms with Gasteiger partial charge >= 0.3 is 12.6 Å². The molecule has 0 aliphatic heterocycles. The summed E-state index contributed by atoms with van der Waals surface area (Å²) in [6, 6.07) is 5.31. The quantitative estimate of drug-likeness (QED) is 0.423. The molecule has 0 spiro atoms. The highest BCUT2D eigenvalue weighted by atomic mass is 32.1. The van der Waals surface area contributed by atoms with Crippen LogP contribution in [-0.4, -0.2) is 36.3 Å². The van der Waals surface area contributed by atoms with E-state index in [0.29, 0.717) is 5.56 Å². The van der Waals surface area contributed by atoms with Crippen molar-refractivity contribution in [2.45, 2.75) is 13.5 Å². The molecule has 1 heterocycles. The molecular weight excluding hydrogens is 382 g/mol. The summed E-state index contributed by atoms with van der Waals surface area (Å²) in [6.45, 7) is -1.10. The molecule has 0 saturated heterocycles. The summed E-state index contributed by atoms with van der Waals surface area (Å²) >= 11 is 4.91. The number of methoxy groups -OCH3 is 1. The lowest BCUT2D eigenvalue weighted by Crippen LogP contribution is -2.12. The number of aromatic nitrogens is 2. The van der Waals surface area contributed by atoms with Crippen LogP contribution in [0.5, 0.6) is 11.5 Å². The number of carbonyl (C=O) groups is 1. The van der Waals surface area contributed by atoms with E-state index in [-0.39, 0.29) is 34.1 Å². The SMILES string of the molecule is CCOc1cc(/C=C(\C(=O)OC)c2cc(=O)[nH]c(=S)[nH]2)ccc1OC(F)F. The average molecular weight is 398 g/mol. The smallest absolute Gasteiger partial charge is 0.387 e. The fourth-order valence-corrected chi connectivity index (χ4v) is 2.42. The summed E-state index contributed by atoms with van der Waals surface area (Å²) in [5.41, 5.74) is 0.0837. The number of carbonyl (C=O) groups excluding carboxylic acids is 1. The summed E-state index contributed by atoms with van der Waals surface area (Å²) in [4.78, 5) is 28.8. The van der Waals surface area contributed by atoms with E-state index in [2.05, 4.69) is 14.7 Å². The molecule has 0 atom stereocenters. The third-order valence-electron chi connectivity index (χ3n) is 3.25. The number of ether oxygens (including phenoxy) is 3. The fourth-order valence-electron chi connectivity index (χ4n) is 2.21. The zero-order chi connectivity index (χ0) is 20.0. The van der Waals surface area contributed by atoms with Crippen molar-refractivity contribution in [1.82, 2.24) is 9.97 Å². The van der Waals surface area contributed by atoms with Gasteiger partial charge in [0.1, 0.15) is 0 Å². The van der Waals surface area contributed by atoms with E-state index in [1.54, 1.807) is 6.92 Å². The molecule has 7 nitrogen and oxygen atoms in total. The molecule has 0 unspecified atom stereocenters. The van der Waals surface area contributed by atoms with Crippen molar-refractivity contribution in [2.24, 2.45) is 0 Å². The number of hydrogen-bond acceptors (Lipinski definition) is 6. The number of rotatable bonds is 7. The molecule has 0 radical (unpaired) electrons. The van der Waals surface area contributed by atoms with E-state index in [4.69, 9.17) is 21.7 Å². The van der Waals surface area contributed by atoms with Gasteiger partial charge in [0.05, 0.1) is 25.0 Å². The topological polar surface area (TPSA) is 93.4 Å². The molecule has 2 rings (SSSR count). The first-order chi connectivity index (χ1) is 12.8. The highest BCUT2D eigenvalue weighted by molar-refractivity contribution is 7.71. The second-order valence-corrected chi connectivity index (χ2v) is 5.48. The van der Waals surface area contributed by atoms with Gasteiger partial charge < -0.3 is 19.2 Å². The summed E-state index contributed by atoms with van der Waals surface area (Å²) in [5.74, 6) is -0.786. The van der Waals surface area contributed by atoms with E-state index in [1.165, 1.54) is 31.4 Å². The lowest BCUT2D eigenvalue weighted by Gasteiger charge is -2.12. The predicted octanol–water partition coefficient (Wildman–Crippen LogP) is 3.15. The highest BCUT2D eigenvalue weighted by Crippen LogP contribution is 2.31. The number of esters is 1. The van der Waals surface area contributed by atoms with Gasteiger partial charge in [-0.3, -0.25) is 9.78 Å². The van der Waals surface area contributed by atoms with Gasteiger partial charge in [-0.1, -0.05) is 6.07 Å². The Morgan fingerprint density at radius 2 is 2.00 bits per heavy atom. The average Bonchev–Trinajstić information content (AvgIpc) is 2.60. The largest absolute Gasteiger partial charge is 0.490 e. The number of benzene rings is 1. The van der Waals surface area contributed by atoms with E-state index in [1.807, 2.05) is 0 Å². The number of aromatic amines is 2. The minimum absolute atomic E-state index is 0.0136. The Bertz CT molecular complexity index is 940. The van der Waals surface area contributed by atoms with Crippen LogP contribution < -0.4 is 15.0 Å². The maximum atomic E-state index is 12.5. The molecule has 27 heavy (non-hydrogen) atoms. The molecule has 0 saturated carbocycles. The van der Waals surface area contributed by atoms with Gasteiger partial charge in [0, 0.05) is 6.07 Å². The molecule has 0 amide bonds. The lowest BCUT2D eigenvalue weighted by atomic mass is 10.1. The molecule has 1 aromatic heterocycles. The van der Waals surface area contributed by atoms with Gasteiger partial charge in [0.2, 0.25) is 0 Å². The maximum absolute atomic E-state index is 12.5. The fraction of sp³-hybridized carbons (Fsp3) is 0.235. The first kappa shape index (κ1) is 20.3. The number of halogens is 2. The third-order valence-corrected chi connectivity index (χ3v) is 3.45. The molecule has 1 aromatic carbocycles. The van der Waals surface area contributed by atoms with Crippen LogP contribution >= 0.6 is 12.2 Å². The number of alkyl halides is 2. The van der Waals surface area contributed by atoms with E-state index in [0.717, 1.165) is 6.07 Å². The Morgan fingerprint density at radius 3 is 2.59 bits per heavy atom. The lowest BCUT2D eigenvalue weighted by molar-refractivity contribution is -0.133. The van der Waals surface area contributed by atoms with Gasteiger partial charge in [-0.15, -0.1) is 0 Å². The first-order valence-electron chi connectivity index (χ1n) is 7.69. The summed E-state index contributed by atoms with van der Waals surface area (Å²) < 4.78 is 39.5. The van der Waals surface area contributed by atoms with Crippen LogP contribution in [0.15, 0.2) is 29.1 Å². The normalized spacial score (nSPS) is 11.4. The second kappa shape index (κ2) is 9.08. The summed E-state index contributed by atoms with van der Waals surface area (Å²) in [7, 11) is 1.18. The van der Waals surface area contributed by atoms with E-state index < -0.39 is 18.1 Å². The highest BCUT2D eigenvalue weighted by Gasteiger charge is 2.16. The van der Waals surface area contributed by atoms with Crippen LogP contribution in [0, 0.1) is 4.77 Å². The Morgan fingerprint density at radius 1 is 1.26 bits per heavy atom. The van der Waals surface area contributed by atoms with Gasteiger partial charge in [-0.2, -0.15) is 8.78 Å². The molecule has 10 heteroatoms. The van der Waals surface area contributed by atoms with Crippen LogP contribution in [0.2, 0.25) is 0 Å². The van der Waals surface area contributed by atoms with Gasteiger partial charge in [0.15, 0.2) is 16.3 Å². The van der Waals surface area contributed by atoms with E-state index in [9.17, 15) is 18.4 Å². The molecule has 0 aliphatic rings. The molecule has 2 aromatic rings. The van der Waals surface area contributed by atoms with Crippen molar-refractivity contribution in [3.8, 4) is 11.5 Å². The summed E-state index contributed by atoms with van der Waals surface area (Å²) in [6.07, 6.45) is 1.40. The Hall–Kier alpha value is -3.01. The number of H-pyrrole nitrogens is 2. The molecule has 144 valence electrons. The van der Waals surface area contributed by atoms with Crippen LogP contribution in [-0.2, 0) is 9.53 Å². The minimum atomic E-state index is -3.01. The Balaban J connectivity index is 2.56. The van der Waals surface area contributed by atoms with Crippen molar-refractivity contribution in [1.29, 1.82) is 0 Å². The van der Waals surface area contributed by atoms with Gasteiger partial charge in [0.25, 0.3) is 5.56 Å². The number of nitrogens with one attached hydrogen (secondary N) is 2. The Labute approximate surface area is 157 Å². The van der Waals surface area contributed by atoms with Crippen molar-refractivity contribution in [3.63, 3.8) is 0 Å². The molecule has 0 bridgehead atoms. The number of hydrogen-bond donors (Lipinski definition) is 2. The molecule has 0 aliphatic carbocycles. The Kier molecular flexibility index (Phi) is 6.83. The first-order valence-corrected chi connectivity index (χ1v) is 8.10. The zero-order valence-electron chi connectivity index (χ0n) is 14.4. The monoisotopic (exact) mass is 398 g/mol. The molecule has 2 N–H and O–H groups in total. The molecular formula is C17H16F2N2O5S. The van der Waals surface area contributed by atoms with Crippen LogP contribution in [0.1, 0.15) is 18.2 Å². The van der Waals surface area contributed by atoms with Crippen molar-refractivity contribution in [2.75, 3.05) is 13.7 Å². The maximum Gasteiger partial charge on any atom is 0.387 e. The standard InChI is InChI=1S/C17H16F2N2O5S/c1-3-25-13-7-9(4-5-12(13)26-16(18)19)6-10(15(23)24-2)11-8-14(22)21-17(27)20-11/h4-8,16H,3H2,1-2H3,(H2,20,21,22,27)/b10-6-. The van der Waals surface area contributed by atoms with Crippen LogP contribution in [0.3, 0.4) is 0 Å². The van der Waals surface area contributed by atoms with Crippen LogP contribution in [0.4, 0.5) is 8.78 Å².